The molecule has 26 heavy (non-hydrogen) atoms. The van der Waals surface area contributed by atoms with E-state index in [2.05, 4.69) is 27.4 Å². The predicted molar refractivity (Wildman–Crippen MR) is 104 cm³/mol. The van der Waals surface area contributed by atoms with E-state index in [1.54, 1.807) is 19.0 Å². The first-order chi connectivity index (χ1) is 12.2. The van der Waals surface area contributed by atoms with Crippen LogP contribution in [0.2, 0.25) is 0 Å². The van der Waals surface area contributed by atoms with Crippen molar-refractivity contribution in [3.8, 4) is 0 Å². The summed E-state index contributed by atoms with van der Waals surface area (Å²) in [4.78, 5) is 32.3. The van der Waals surface area contributed by atoms with Crippen molar-refractivity contribution in [1.82, 2.24) is 20.4 Å². The van der Waals surface area contributed by atoms with Gasteiger partial charge in [-0.2, -0.15) is 0 Å². The van der Waals surface area contributed by atoms with Gasteiger partial charge in [0.2, 0.25) is 11.8 Å². The van der Waals surface area contributed by atoms with E-state index >= 15 is 0 Å². The van der Waals surface area contributed by atoms with Gasteiger partial charge in [-0.1, -0.05) is 13.3 Å². The molecular formula is C19H35N5O2. The smallest absolute Gasteiger partial charge is 0.242 e. The molecule has 1 aliphatic carbocycles. The summed E-state index contributed by atoms with van der Waals surface area (Å²) in [5.74, 6) is 1.30. The van der Waals surface area contributed by atoms with Crippen molar-refractivity contribution in [3.63, 3.8) is 0 Å². The van der Waals surface area contributed by atoms with Gasteiger partial charge < -0.3 is 20.4 Å². The van der Waals surface area contributed by atoms with Gasteiger partial charge in [0.25, 0.3) is 0 Å². The highest BCUT2D eigenvalue weighted by molar-refractivity contribution is 5.88. The lowest BCUT2D eigenvalue weighted by Gasteiger charge is -2.53. The number of aliphatic imine (C=N–C) groups is 1. The van der Waals surface area contributed by atoms with Gasteiger partial charge in [-0.15, -0.1) is 0 Å². The maximum atomic E-state index is 12.0. The fourth-order valence-electron chi connectivity index (χ4n) is 3.83. The highest BCUT2D eigenvalue weighted by Crippen LogP contribution is 2.50. The number of piperidine rings is 1. The van der Waals surface area contributed by atoms with Gasteiger partial charge in [-0.25, -0.2) is 4.99 Å². The van der Waals surface area contributed by atoms with Gasteiger partial charge >= 0.3 is 0 Å². The third-order valence-corrected chi connectivity index (χ3v) is 5.75. The van der Waals surface area contributed by atoms with Gasteiger partial charge in [0.05, 0.1) is 6.54 Å². The van der Waals surface area contributed by atoms with Crippen molar-refractivity contribution in [2.45, 2.75) is 52.5 Å². The van der Waals surface area contributed by atoms with Gasteiger partial charge in [0, 0.05) is 33.2 Å². The molecular weight excluding hydrogens is 330 g/mol. The first kappa shape index (κ1) is 20.5. The van der Waals surface area contributed by atoms with Crippen LogP contribution in [0.15, 0.2) is 4.99 Å². The summed E-state index contributed by atoms with van der Waals surface area (Å²) in [5, 5.41) is 6.05. The number of rotatable bonds is 5. The van der Waals surface area contributed by atoms with E-state index in [-0.39, 0.29) is 30.9 Å². The average Bonchev–Trinajstić information content (AvgIpc) is 2.53. The Morgan fingerprint density at radius 1 is 1.31 bits per heavy atom. The highest BCUT2D eigenvalue weighted by Gasteiger charge is 2.46. The van der Waals surface area contributed by atoms with Crippen LogP contribution in [0, 0.1) is 11.3 Å². The highest BCUT2D eigenvalue weighted by atomic mass is 16.2. The van der Waals surface area contributed by atoms with Crippen LogP contribution in [0.1, 0.15) is 46.5 Å². The standard InChI is InChI=1S/C19H35N5O2/c1-14(2)22-16(25)11-20-18(21-12-17(26)23(4)5)24-10-7-15(3)19(13-24)8-6-9-19/h14-15H,6-13H2,1-5H3,(H,20,21)(H,22,25). The van der Waals surface area contributed by atoms with Crippen molar-refractivity contribution < 1.29 is 9.59 Å². The molecule has 7 heteroatoms. The van der Waals surface area contributed by atoms with Crippen LogP contribution in [0.25, 0.3) is 0 Å². The lowest BCUT2D eigenvalue weighted by molar-refractivity contribution is -0.127. The van der Waals surface area contributed by atoms with Crippen molar-refractivity contribution in [2.75, 3.05) is 40.3 Å². The first-order valence-corrected chi connectivity index (χ1v) is 9.76. The number of guanidine groups is 1. The lowest BCUT2D eigenvalue weighted by Crippen LogP contribution is -2.56. The Balaban J connectivity index is 2.06. The van der Waals surface area contributed by atoms with Crippen molar-refractivity contribution in [3.05, 3.63) is 0 Å². The molecule has 1 unspecified atom stereocenters. The van der Waals surface area contributed by atoms with Gasteiger partial charge in [0.1, 0.15) is 6.54 Å². The Kier molecular flexibility index (Phi) is 6.89. The maximum absolute atomic E-state index is 12.0. The predicted octanol–water partition coefficient (Wildman–Crippen LogP) is 1.06. The Morgan fingerprint density at radius 3 is 2.54 bits per heavy atom. The molecule has 1 aliphatic heterocycles. The third-order valence-electron chi connectivity index (χ3n) is 5.75. The summed E-state index contributed by atoms with van der Waals surface area (Å²) >= 11 is 0. The minimum Gasteiger partial charge on any atom is -0.352 e. The zero-order valence-corrected chi connectivity index (χ0v) is 17.0. The van der Waals surface area contributed by atoms with E-state index in [1.165, 1.54) is 19.3 Å². The SMILES string of the molecule is CC(C)NC(=O)CN=C(NCC(=O)N(C)C)N1CCC(C)C2(CCC2)C1. The molecule has 2 rings (SSSR count). The summed E-state index contributed by atoms with van der Waals surface area (Å²) in [6.07, 6.45) is 4.96. The number of amides is 2. The van der Waals surface area contributed by atoms with Crippen LogP contribution in [0.3, 0.4) is 0 Å². The minimum atomic E-state index is -0.0954. The number of nitrogens with one attached hydrogen (secondary N) is 2. The summed E-state index contributed by atoms with van der Waals surface area (Å²) in [6, 6.07) is 0.0958. The fourth-order valence-corrected chi connectivity index (χ4v) is 3.83. The molecule has 0 aromatic rings. The Morgan fingerprint density at radius 2 is 2.00 bits per heavy atom. The zero-order chi connectivity index (χ0) is 19.3. The largest absolute Gasteiger partial charge is 0.352 e. The molecule has 2 fully saturated rings. The molecule has 1 heterocycles. The quantitative estimate of drug-likeness (QED) is 0.564. The molecule has 2 aliphatic rings. The van der Waals surface area contributed by atoms with Gasteiger partial charge in [-0.3, -0.25) is 9.59 Å². The van der Waals surface area contributed by atoms with E-state index in [0.717, 1.165) is 25.4 Å². The van der Waals surface area contributed by atoms with E-state index in [1.807, 2.05) is 13.8 Å². The summed E-state index contributed by atoms with van der Waals surface area (Å²) in [5.41, 5.74) is 0.381. The monoisotopic (exact) mass is 365 g/mol. The molecule has 1 atom stereocenters. The van der Waals surface area contributed by atoms with Gasteiger partial charge in [-0.05, 0) is 44.4 Å². The van der Waals surface area contributed by atoms with Crippen molar-refractivity contribution >= 4 is 17.8 Å². The molecule has 0 bridgehead atoms. The topological polar surface area (TPSA) is 77.0 Å². The second kappa shape index (κ2) is 8.73. The summed E-state index contributed by atoms with van der Waals surface area (Å²) in [6.45, 7) is 8.36. The van der Waals surface area contributed by atoms with Crippen LogP contribution in [0.4, 0.5) is 0 Å². The zero-order valence-electron chi connectivity index (χ0n) is 17.0. The number of carbonyl (C=O) groups excluding carboxylic acids is 2. The molecule has 1 saturated carbocycles. The molecule has 2 N–H and O–H groups in total. The maximum Gasteiger partial charge on any atom is 0.242 e. The van der Waals surface area contributed by atoms with Crippen LogP contribution < -0.4 is 10.6 Å². The van der Waals surface area contributed by atoms with E-state index in [9.17, 15) is 9.59 Å². The molecule has 1 saturated heterocycles. The summed E-state index contributed by atoms with van der Waals surface area (Å²) < 4.78 is 0. The summed E-state index contributed by atoms with van der Waals surface area (Å²) in [7, 11) is 3.48. The fraction of sp³-hybridized carbons (Fsp3) is 0.842. The van der Waals surface area contributed by atoms with E-state index in [0.29, 0.717) is 11.4 Å². The number of likely N-dealkylation sites (tertiary alicyclic amines) is 1. The van der Waals surface area contributed by atoms with Crippen LogP contribution in [-0.4, -0.2) is 73.9 Å². The molecule has 1 spiro atoms. The normalized spacial score (nSPS) is 22.2. The number of carbonyl (C=O) groups is 2. The number of hydrogen-bond donors (Lipinski definition) is 2. The Labute approximate surface area is 157 Å². The number of hydrogen-bond acceptors (Lipinski definition) is 3. The van der Waals surface area contributed by atoms with E-state index in [4.69, 9.17) is 0 Å². The first-order valence-electron chi connectivity index (χ1n) is 9.76. The lowest BCUT2D eigenvalue weighted by atomic mass is 9.59. The Bertz CT molecular complexity index is 540. The van der Waals surface area contributed by atoms with E-state index < -0.39 is 0 Å². The molecule has 2 amide bonds. The van der Waals surface area contributed by atoms with Crippen LogP contribution in [-0.2, 0) is 9.59 Å². The van der Waals surface area contributed by atoms with Crippen LogP contribution >= 0.6 is 0 Å². The minimum absolute atomic E-state index is 0.00642. The average molecular weight is 366 g/mol. The second-order valence-electron chi connectivity index (χ2n) is 8.33. The molecule has 0 aromatic carbocycles. The third kappa shape index (κ3) is 5.11. The van der Waals surface area contributed by atoms with Crippen molar-refractivity contribution in [1.29, 1.82) is 0 Å². The molecule has 148 valence electrons. The number of nitrogens with zero attached hydrogens (tertiary/aromatic N) is 3. The Hall–Kier alpha value is -1.79. The molecule has 7 nitrogen and oxygen atoms in total. The van der Waals surface area contributed by atoms with Crippen molar-refractivity contribution in [2.24, 2.45) is 16.3 Å². The second-order valence-corrected chi connectivity index (χ2v) is 8.33. The van der Waals surface area contributed by atoms with Crippen LogP contribution in [0.5, 0.6) is 0 Å². The van der Waals surface area contributed by atoms with Gasteiger partial charge in [0.15, 0.2) is 5.96 Å². The molecule has 0 radical (unpaired) electrons. The number of likely N-dealkylation sites (N-methyl/N-ethyl adjacent to an activating group) is 1. The molecule has 0 aromatic heterocycles.